The van der Waals surface area contributed by atoms with E-state index in [1.54, 1.807) is 0 Å². The lowest BCUT2D eigenvalue weighted by atomic mass is 10.3. The standard InChI is InChI=1S/C9H15NO3S/c1-3-4-5-9(13)14-6-8(12)10-7(2)11/h3-6H2,1-2H3,(H,10,11,12). The van der Waals surface area contributed by atoms with E-state index in [2.05, 4.69) is 5.32 Å². The molecule has 0 atom stereocenters. The average molecular weight is 217 g/mol. The smallest absolute Gasteiger partial charge is 0.237 e. The van der Waals surface area contributed by atoms with E-state index in [1.807, 2.05) is 6.92 Å². The van der Waals surface area contributed by atoms with Gasteiger partial charge in [-0.2, -0.15) is 0 Å². The summed E-state index contributed by atoms with van der Waals surface area (Å²) < 4.78 is 0. The van der Waals surface area contributed by atoms with Crippen molar-refractivity contribution in [2.45, 2.75) is 33.1 Å². The van der Waals surface area contributed by atoms with E-state index in [0.29, 0.717) is 6.42 Å². The first-order valence-corrected chi connectivity index (χ1v) is 5.50. The number of hydrogen-bond donors (Lipinski definition) is 1. The Morgan fingerprint density at radius 3 is 2.43 bits per heavy atom. The fourth-order valence-electron chi connectivity index (χ4n) is 0.772. The van der Waals surface area contributed by atoms with E-state index >= 15 is 0 Å². The molecule has 0 rings (SSSR count). The maximum absolute atomic E-state index is 11.1. The predicted octanol–water partition coefficient (Wildman–Crippen LogP) is 1.10. The van der Waals surface area contributed by atoms with Crippen LogP contribution in [0.15, 0.2) is 0 Å². The van der Waals surface area contributed by atoms with Crippen LogP contribution in [0, 0.1) is 0 Å². The monoisotopic (exact) mass is 217 g/mol. The lowest BCUT2D eigenvalue weighted by Crippen LogP contribution is -2.29. The quantitative estimate of drug-likeness (QED) is 0.749. The van der Waals surface area contributed by atoms with E-state index in [4.69, 9.17) is 0 Å². The highest BCUT2D eigenvalue weighted by Crippen LogP contribution is 2.08. The topological polar surface area (TPSA) is 63.2 Å². The minimum Gasteiger partial charge on any atom is -0.296 e. The predicted molar refractivity (Wildman–Crippen MR) is 55.8 cm³/mol. The largest absolute Gasteiger partial charge is 0.296 e. The molecular weight excluding hydrogens is 202 g/mol. The summed E-state index contributed by atoms with van der Waals surface area (Å²) in [5, 5.41) is 2.11. The van der Waals surface area contributed by atoms with Gasteiger partial charge in [-0.1, -0.05) is 25.1 Å². The number of unbranched alkanes of at least 4 members (excludes halogenated alkanes) is 1. The van der Waals surface area contributed by atoms with E-state index in [0.717, 1.165) is 24.6 Å². The van der Waals surface area contributed by atoms with Gasteiger partial charge < -0.3 is 0 Å². The highest BCUT2D eigenvalue weighted by Gasteiger charge is 2.07. The van der Waals surface area contributed by atoms with Crippen LogP contribution >= 0.6 is 11.8 Å². The molecule has 0 saturated carbocycles. The molecule has 0 unspecified atom stereocenters. The Kier molecular flexibility index (Phi) is 7.10. The summed E-state index contributed by atoms with van der Waals surface area (Å²) in [6.45, 7) is 3.27. The van der Waals surface area contributed by atoms with Crippen molar-refractivity contribution in [1.29, 1.82) is 0 Å². The van der Waals surface area contributed by atoms with Gasteiger partial charge in [-0.05, 0) is 6.42 Å². The highest BCUT2D eigenvalue weighted by molar-refractivity contribution is 8.14. The molecule has 4 nitrogen and oxygen atoms in total. The maximum atomic E-state index is 11.1. The molecule has 1 N–H and O–H groups in total. The van der Waals surface area contributed by atoms with Crippen molar-refractivity contribution in [3.8, 4) is 0 Å². The molecule has 0 heterocycles. The summed E-state index contributed by atoms with van der Waals surface area (Å²) in [5.74, 6) is -0.772. The number of amides is 2. The second kappa shape index (κ2) is 7.55. The maximum Gasteiger partial charge on any atom is 0.237 e. The highest BCUT2D eigenvalue weighted by atomic mass is 32.2. The van der Waals surface area contributed by atoms with Gasteiger partial charge in [0.1, 0.15) is 0 Å². The van der Waals surface area contributed by atoms with Crippen LogP contribution in [-0.4, -0.2) is 22.7 Å². The lowest BCUT2D eigenvalue weighted by Gasteiger charge is -2.00. The summed E-state index contributed by atoms with van der Waals surface area (Å²) in [7, 11) is 0. The van der Waals surface area contributed by atoms with Crippen LogP contribution < -0.4 is 5.32 Å². The molecule has 0 aromatic heterocycles. The van der Waals surface area contributed by atoms with Gasteiger partial charge in [0.2, 0.25) is 11.8 Å². The molecule has 2 amide bonds. The van der Waals surface area contributed by atoms with Gasteiger partial charge in [-0.3, -0.25) is 19.7 Å². The molecule has 5 heteroatoms. The van der Waals surface area contributed by atoms with E-state index in [-0.39, 0.29) is 10.9 Å². The molecule has 14 heavy (non-hydrogen) atoms. The molecule has 0 saturated heterocycles. The van der Waals surface area contributed by atoms with Gasteiger partial charge in [-0.25, -0.2) is 0 Å². The fourth-order valence-corrected chi connectivity index (χ4v) is 1.42. The lowest BCUT2D eigenvalue weighted by molar-refractivity contribution is -0.127. The van der Waals surface area contributed by atoms with Gasteiger partial charge in [0.25, 0.3) is 0 Å². The Morgan fingerprint density at radius 2 is 1.93 bits per heavy atom. The molecule has 0 aliphatic heterocycles. The average Bonchev–Trinajstić information content (AvgIpc) is 2.10. The van der Waals surface area contributed by atoms with Gasteiger partial charge in [0, 0.05) is 13.3 Å². The second-order valence-corrected chi connectivity index (χ2v) is 3.90. The summed E-state index contributed by atoms with van der Waals surface area (Å²) in [6, 6.07) is 0. The van der Waals surface area contributed by atoms with E-state index in [9.17, 15) is 14.4 Å². The van der Waals surface area contributed by atoms with E-state index in [1.165, 1.54) is 6.92 Å². The van der Waals surface area contributed by atoms with Gasteiger partial charge in [0.15, 0.2) is 5.12 Å². The van der Waals surface area contributed by atoms with Crippen LogP contribution in [0.25, 0.3) is 0 Å². The molecule has 0 radical (unpaired) electrons. The summed E-state index contributed by atoms with van der Waals surface area (Å²) in [4.78, 5) is 32.5. The van der Waals surface area contributed by atoms with Crippen LogP contribution in [-0.2, 0) is 14.4 Å². The molecule has 0 aromatic rings. The minimum absolute atomic E-state index is 0.00514. The van der Waals surface area contributed by atoms with Crippen LogP contribution in [0.3, 0.4) is 0 Å². The Bertz CT molecular complexity index is 228. The molecular formula is C9H15NO3S. The van der Waals surface area contributed by atoms with E-state index < -0.39 is 11.8 Å². The zero-order valence-electron chi connectivity index (χ0n) is 8.46. The Labute approximate surface area is 87.8 Å². The number of carbonyl (C=O) groups is 3. The number of imide groups is 1. The van der Waals surface area contributed by atoms with Crippen molar-refractivity contribution in [2.24, 2.45) is 0 Å². The third-order valence-electron chi connectivity index (χ3n) is 1.41. The van der Waals surface area contributed by atoms with Crippen LogP contribution in [0.2, 0.25) is 0 Å². The van der Waals surface area contributed by atoms with Gasteiger partial charge >= 0.3 is 0 Å². The number of hydrogen-bond acceptors (Lipinski definition) is 4. The first-order valence-electron chi connectivity index (χ1n) is 4.52. The molecule has 80 valence electrons. The first kappa shape index (κ1) is 13.2. The molecule has 0 aromatic carbocycles. The van der Waals surface area contributed by atoms with Crippen molar-refractivity contribution in [3.05, 3.63) is 0 Å². The molecule has 0 fully saturated rings. The third kappa shape index (κ3) is 7.79. The van der Waals surface area contributed by atoms with Crippen LogP contribution in [0.4, 0.5) is 0 Å². The molecule has 0 bridgehead atoms. The molecule has 0 aliphatic rings. The Balaban J connectivity index is 3.56. The van der Waals surface area contributed by atoms with Gasteiger partial charge in [-0.15, -0.1) is 0 Å². The van der Waals surface area contributed by atoms with Crippen LogP contribution in [0.1, 0.15) is 33.1 Å². The Morgan fingerprint density at radius 1 is 1.29 bits per heavy atom. The van der Waals surface area contributed by atoms with Crippen molar-refractivity contribution in [1.82, 2.24) is 5.32 Å². The van der Waals surface area contributed by atoms with Gasteiger partial charge in [0.05, 0.1) is 5.75 Å². The first-order chi connectivity index (χ1) is 6.56. The zero-order chi connectivity index (χ0) is 11.0. The Hall–Kier alpha value is -0.840. The zero-order valence-corrected chi connectivity index (χ0v) is 9.28. The summed E-state index contributed by atoms with van der Waals surface area (Å²) in [5.41, 5.74) is 0. The van der Waals surface area contributed by atoms with Crippen molar-refractivity contribution in [3.63, 3.8) is 0 Å². The molecule has 0 spiro atoms. The molecule has 0 aliphatic carbocycles. The number of thioether (sulfide) groups is 1. The normalized spacial score (nSPS) is 9.57. The van der Waals surface area contributed by atoms with Crippen molar-refractivity contribution >= 4 is 28.7 Å². The number of carbonyl (C=O) groups excluding carboxylic acids is 3. The van der Waals surface area contributed by atoms with Crippen LogP contribution in [0.5, 0.6) is 0 Å². The summed E-state index contributed by atoms with van der Waals surface area (Å²) >= 11 is 0.963. The SMILES string of the molecule is CCCCC(=O)SCC(=O)NC(C)=O. The number of rotatable bonds is 5. The summed E-state index contributed by atoms with van der Waals surface area (Å²) in [6.07, 6.45) is 2.31. The van der Waals surface area contributed by atoms with Crippen molar-refractivity contribution < 1.29 is 14.4 Å². The minimum atomic E-state index is -0.410. The third-order valence-corrected chi connectivity index (χ3v) is 2.35. The fraction of sp³-hybridized carbons (Fsp3) is 0.667. The number of nitrogens with one attached hydrogen (secondary N) is 1. The van der Waals surface area contributed by atoms with Crippen molar-refractivity contribution in [2.75, 3.05) is 5.75 Å². The second-order valence-electron chi connectivity index (χ2n) is 2.87.